The summed E-state index contributed by atoms with van der Waals surface area (Å²) in [6, 6.07) is 12.1. The molecule has 1 atom stereocenters. The maximum Gasteiger partial charge on any atom is 0.416 e. The van der Waals surface area contributed by atoms with Gasteiger partial charge in [-0.1, -0.05) is 24.3 Å². The molecule has 132 valence electrons. The van der Waals surface area contributed by atoms with Gasteiger partial charge in [-0.05, 0) is 29.8 Å². The van der Waals surface area contributed by atoms with Crippen molar-refractivity contribution >= 4 is 17.7 Å². The monoisotopic (exact) mass is 367 g/mol. The molecule has 3 nitrogen and oxygen atoms in total. The van der Waals surface area contributed by atoms with E-state index in [2.05, 4.69) is 0 Å². The number of halogens is 3. The molecule has 1 heterocycles. The van der Waals surface area contributed by atoms with Gasteiger partial charge in [0.1, 0.15) is 11.1 Å². The van der Waals surface area contributed by atoms with Crippen LogP contribution in [0.25, 0.3) is 0 Å². The quantitative estimate of drug-likeness (QED) is 0.794. The van der Waals surface area contributed by atoms with Crippen LogP contribution >= 0.6 is 11.8 Å². The van der Waals surface area contributed by atoms with E-state index in [0.29, 0.717) is 23.6 Å². The minimum Gasteiger partial charge on any atom is -0.497 e. The molecule has 1 saturated heterocycles. The summed E-state index contributed by atoms with van der Waals surface area (Å²) in [4.78, 5) is 14.3. The molecular weight excluding hydrogens is 351 g/mol. The Bertz CT molecular complexity index is 779. The smallest absolute Gasteiger partial charge is 0.416 e. The second-order valence-electron chi connectivity index (χ2n) is 5.54. The summed E-state index contributed by atoms with van der Waals surface area (Å²) in [5, 5.41) is -0.656. The summed E-state index contributed by atoms with van der Waals surface area (Å²) in [5.74, 6) is 0.822. The van der Waals surface area contributed by atoms with Gasteiger partial charge in [-0.15, -0.1) is 11.8 Å². The van der Waals surface area contributed by atoms with Gasteiger partial charge in [0.25, 0.3) is 5.91 Å². The fourth-order valence-corrected chi connectivity index (χ4v) is 4.12. The van der Waals surface area contributed by atoms with E-state index in [0.717, 1.165) is 6.07 Å². The SMILES string of the molecule is COc1cccc(C(=O)N2CCSC2c2ccccc2C(F)(F)F)c1. The van der Waals surface area contributed by atoms with Gasteiger partial charge in [-0.25, -0.2) is 0 Å². The first-order chi connectivity index (χ1) is 11.9. The lowest BCUT2D eigenvalue weighted by molar-refractivity contribution is -0.138. The highest BCUT2D eigenvalue weighted by Gasteiger charge is 2.39. The number of methoxy groups -OCH3 is 1. The van der Waals surface area contributed by atoms with Crippen LogP contribution < -0.4 is 4.74 Å². The summed E-state index contributed by atoms with van der Waals surface area (Å²) in [5.41, 5.74) is -0.178. The van der Waals surface area contributed by atoms with E-state index >= 15 is 0 Å². The molecule has 1 fully saturated rings. The molecular formula is C18H16F3NO2S. The molecule has 0 bridgehead atoms. The number of alkyl halides is 3. The van der Waals surface area contributed by atoms with E-state index < -0.39 is 17.1 Å². The third-order valence-electron chi connectivity index (χ3n) is 4.00. The summed E-state index contributed by atoms with van der Waals surface area (Å²) in [6.07, 6.45) is -4.45. The maximum atomic E-state index is 13.3. The van der Waals surface area contributed by atoms with Gasteiger partial charge in [0.05, 0.1) is 12.7 Å². The summed E-state index contributed by atoms with van der Waals surface area (Å²) in [7, 11) is 1.50. The molecule has 1 amide bonds. The number of hydrogen-bond acceptors (Lipinski definition) is 3. The lowest BCUT2D eigenvalue weighted by Crippen LogP contribution is -2.31. The van der Waals surface area contributed by atoms with Crippen LogP contribution in [0, 0.1) is 0 Å². The molecule has 0 saturated carbocycles. The maximum absolute atomic E-state index is 13.3. The van der Waals surface area contributed by atoms with Crippen molar-refractivity contribution in [1.82, 2.24) is 4.90 Å². The van der Waals surface area contributed by atoms with Gasteiger partial charge in [0.15, 0.2) is 0 Å². The molecule has 1 aliphatic heterocycles. The lowest BCUT2D eigenvalue weighted by Gasteiger charge is -2.26. The van der Waals surface area contributed by atoms with E-state index in [4.69, 9.17) is 4.74 Å². The Labute approximate surface area is 147 Å². The van der Waals surface area contributed by atoms with Crippen LogP contribution in [0.15, 0.2) is 48.5 Å². The first-order valence-electron chi connectivity index (χ1n) is 7.64. The number of carbonyl (C=O) groups excluding carboxylic acids is 1. The van der Waals surface area contributed by atoms with Crippen LogP contribution in [0.5, 0.6) is 5.75 Å². The standard InChI is InChI=1S/C18H16F3NO2S/c1-24-13-6-4-5-12(11-13)16(23)22-9-10-25-17(22)14-7-2-3-8-15(14)18(19,20)21/h2-8,11,17H,9-10H2,1H3. The molecule has 0 aliphatic carbocycles. The molecule has 1 unspecified atom stereocenters. The van der Waals surface area contributed by atoms with Crippen molar-refractivity contribution in [3.8, 4) is 5.75 Å². The van der Waals surface area contributed by atoms with Gasteiger partial charge >= 0.3 is 6.18 Å². The first-order valence-corrected chi connectivity index (χ1v) is 8.69. The van der Waals surface area contributed by atoms with Gasteiger partial charge < -0.3 is 9.64 Å². The predicted octanol–water partition coefficient (Wildman–Crippen LogP) is 4.60. The fourth-order valence-electron chi connectivity index (χ4n) is 2.83. The zero-order valence-corrected chi connectivity index (χ0v) is 14.2. The van der Waals surface area contributed by atoms with Crippen LogP contribution in [0.1, 0.15) is 26.9 Å². The zero-order chi connectivity index (χ0) is 18.0. The van der Waals surface area contributed by atoms with Gasteiger partial charge in [0.2, 0.25) is 0 Å². The zero-order valence-electron chi connectivity index (χ0n) is 13.4. The molecule has 1 aliphatic rings. The minimum atomic E-state index is -4.45. The van der Waals surface area contributed by atoms with Gasteiger partial charge in [0, 0.05) is 17.9 Å². The molecule has 2 aromatic carbocycles. The Balaban J connectivity index is 1.95. The summed E-state index contributed by atoms with van der Waals surface area (Å²) >= 11 is 1.34. The second-order valence-corrected chi connectivity index (χ2v) is 6.73. The molecule has 0 spiro atoms. The van der Waals surface area contributed by atoms with Gasteiger partial charge in [-0.2, -0.15) is 13.2 Å². The first kappa shape index (κ1) is 17.7. The van der Waals surface area contributed by atoms with Crippen LogP contribution in [0.4, 0.5) is 13.2 Å². The highest BCUT2D eigenvalue weighted by atomic mass is 32.2. The number of hydrogen-bond donors (Lipinski definition) is 0. The molecule has 25 heavy (non-hydrogen) atoms. The number of thioether (sulfide) groups is 1. The second kappa shape index (κ2) is 7.00. The van der Waals surface area contributed by atoms with Crippen molar-refractivity contribution in [2.75, 3.05) is 19.4 Å². The highest BCUT2D eigenvalue weighted by molar-refractivity contribution is 7.99. The minimum absolute atomic E-state index is 0.119. The molecule has 0 aromatic heterocycles. The van der Waals surface area contributed by atoms with Crippen molar-refractivity contribution in [2.24, 2.45) is 0 Å². The Morgan fingerprint density at radius 1 is 1.20 bits per heavy atom. The van der Waals surface area contributed by atoms with Gasteiger partial charge in [-0.3, -0.25) is 4.79 Å². The van der Waals surface area contributed by atoms with Crippen LogP contribution in [-0.2, 0) is 6.18 Å². The summed E-state index contributed by atoms with van der Waals surface area (Å²) in [6.45, 7) is 0.400. The van der Waals surface area contributed by atoms with Crippen LogP contribution in [0.3, 0.4) is 0 Å². The molecule has 0 radical (unpaired) electrons. The van der Waals surface area contributed by atoms with E-state index in [1.165, 1.54) is 35.9 Å². The fraction of sp³-hybridized carbons (Fsp3) is 0.278. The molecule has 7 heteroatoms. The number of ether oxygens (including phenoxy) is 1. The Morgan fingerprint density at radius 3 is 2.68 bits per heavy atom. The van der Waals surface area contributed by atoms with Crippen molar-refractivity contribution in [2.45, 2.75) is 11.6 Å². The van der Waals surface area contributed by atoms with Crippen LogP contribution in [-0.4, -0.2) is 30.2 Å². The van der Waals surface area contributed by atoms with Crippen molar-refractivity contribution in [3.63, 3.8) is 0 Å². The third-order valence-corrected chi connectivity index (χ3v) is 5.24. The average Bonchev–Trinajstić information content (AvgIpc) is 3.10. The normalized spacial score (nSPS) is 17.6. The highest BCUT2D eigenvalue weighted by Crippen LogP contribution is 2.44. The molecule has 3 rings (SSSR count). The number of rotatable bonds is 3. The van der Waals surface area contributed by atoms with E-state index in [1.807, 2.05) is 0 Å². The third kappa shape index (κ3) is 3.61. The lowest BCUT2D eigenvalue weighted by atomic mass is 10.1. The van der Waals surface area contributed by atoms with Crippen molar-refractivity contribution in [1.29, 1.82) is 0 Å². The summed E-state index contributed by atoms with van der Waals surface area (Å²) < 4.78 is 45.1. The number of nitrogens with zero attached hydrogens (tertiary/aromatic N) is 1. The number of benzene rings is 2. The van der Waals surface area contributed by atoms with Crippen molar-refractivity contribution < 1.29 is 22.7 Å². The van der Waals surface area contributed by atoms with E-state index in [9.17, 15) is 18.0 Å². The van der Waals surface area contributed by atoms with Crippen molar-refractivity contribution in [3.05, 3.63) is 65.2 Å². The largest absolute Gasteiger partial charge is 0.497 e. The van der Waals surface area contributed by atoms with E-state index in [-0.39, 0.29) is 11.5 Å². The molecule has 2 aromatic rings. The Morgan fingerprint density at radius 2 is 1.96 bits per heavy atom. The predicted molar refractivity (Wildman–Crippen MR) is 90.7 cm³/mol. The average molecular weight is 367 g/mol. The Kier molecular flexibility index (Phi) is 4.94. The Hall–Kier alpha value is -2.15. The van der Waals surface area contributed by atoms with E-state index in [1.54, 1.807) is 30.3 Å². The van der Waals surface area contributed by atoms with Crippen LogP contribution in [0.2, 0.25) is 0 Å². The molecule has 0 N–H and O–H groups in total. The number of carbonyl (C=O) groups is 1. The topological polar surface area (TPSA) is 29.5 Å². The number of amides is 1.